The van der Waals surface area contributed by atoms with Crippen LogP contribution in [0.5, 0.6) is 0 Å². The monoisotopic (exact) mass is 372 g/mol. The number of allylic oxidation sites excluding steroid dienone is 5. The summed E-state index contributed by atoms with van der Waals surface area (Å²) in [4.78, 5) is 13.3. The standard InChI is InChI=1S/C21H24O4S/c1-6-9-10-15(7-2)18-19(25-21(4,8-3)20(18)22)16-11-13-17(14-12-16)26(5,23)24/h6-7,9-14H,1,8H2,2-5H3/b10-9-,15-7+. The number of hydrogen-bond acceptors (Lipinski definition) is 4. The van der Waals surface area contributed by atoms with Crippen molar-refractivity contribution in [1.29, 1.82) is 0 Å². The van der Waals surface area contributed by atoms with E-state index in [1.54, 1.807) is 31.2 Å². The Bertz CT molecular complexity index is 915. The minimum Gasteiger partial charge on any atom is -0.478 e. The highest BCUT2D eigenvalue weighted by molar-refractivity contribution is 7.90. The molecular weight excluding hydrogens is 348 g/mol. The van der Waals surface area contributed by atoms with Crippen LogP contribution in [0.25, 0.3) is 5.76 Å². The molecule has 26 heavy (non-hydrogen) atoms. The lowest BCUT2D eigenvalue weighted by molar-refractivity contribution is -0.127. The van der Waals surface area contributed by atoms with Gasteiger partial charge in [0.15, 0.2) is 15.4 Å². The van der Waals surface area contributed by atoms with Gasteiger partial charge in [-0.3, -0.25) is 4.79 Å². The highest BCUT2D eigenvalue weighted by atomic mass is 32.2. The van der Waals surface area contributed by atoms with Crippen molar-refractivity contribution >= 4 is 21.4 Å². The van der Waals surface area contributed by atoms with Gasteiger partial charge in [0.1, 0.15) is 5.76 Å². The first-order valence-corrected chi connectivity index (χ1v) is 10.3. The third-order valence-electron chi connectivity index (χ3n) is 4.49. The first kappa shape index (κ1) is 19.9. The predicted octanol–water partition coefficient (Wildman–Crippen LogP) is 4.26. The van der Waals surface area contributed by atoms with Crippen LogP contribution >= 0.6 is 0 Å². The molecule has 1 aromatic rings. The summed E-state index contributed by atoms with van der Waals surface area (Å²) in [6.07, 6.45) is 8.77. The minimum absolute atomic E-state index is 0.0796. The van der Waals surface area contributed by atoms with Crippen molar-refractivity contribution in [2.75, 3.05) is 6.26 Å². The van der Waals surface area contributed by atoms with Gasteiger partial charge in [-0.15, -0.1) is 0 Å². The van der Waals surface area contributed by atoms with Crippen molar-refractivity contribution in [2.45, 2.75) is 37.7 Å². The Kier molecular flexibility index (Phi) is 5.71. The molecule has 1 unspecified atom stereocenters. The quantitative estimate of drug-likeness (QED) is 0.700. The number of benzene rings is 1. The molecule has 0 saturated heterocycles. The van der Waals surface area contributed by atoms with Gasteiger partial charge in [-0.1, -0.05) is 37.8 Å². The largest absolute Gasteiger partial charge is 0.478 e. The highest BCUT2D eigenvalue weighted by Crippen LogP contribution is 2.41. The van der Waals surface area contributed by atoms with Crippen molar-refractivity contribution in [1.82, 2.24) is 0 Å². The van der Waals surface area contributed by atoms with E-state index in [1.165, 1.54) is 12.1 Å². The van der Waals surface area contributed by atoms with Crippen LogP contribution in [0.15, 0.2) is 71.2 Å². The molecule has 0 fully saturated rings. The van der Waals surface area contributed by atoms with Crippen LogP contribution < -0.4 is 0 Å². The van der Waals surface area contributed by atoms with E-state index in [-0.39, 0.29) is 10.7 Å². The summed E-state index contributed by atoms with van der Waals surface area (Å²) < 4.78 is 29.4. The predicted molar refractivity (Wildman–Crippen MR) is 104 cm³/mol. The Balaban J connectivity index is 2.64. The molecule has 1 atom stereocenters. The van der Waals surface area contributed by atoms with Gasteiger partial charge in [0.25, 0.3) is 0 Å². The number of sulfone groups is 1. The topological polar surface area (TPSA) is 60.4 Å². The summed E-state index contributed by atoms with van der Waals surface area (Å²) >= 11 is 0. The van der Waals surface area contributed by atoms with Crippen molar-refractivity contribution in [2.24, 2.45) is 0 Å². The van der Waals surface area contributed by atoms with E-state index in [0.717, 1.165) is 11.8 Å². The fourth-order valence-corrected chi connectivity index (χ4v) is 3.37. The molecule has 1 aliphatic rings. The zero-order valence-electron chi connectivity index (χ0n) is 15.6. The third-order valence-corrected chi connectivity index (χ3v) is 5.62. The van der Waals surface area contributed by atoms with E-state index in [1.807, 2.05) is 26.0 Å². The van der Waals surface area contributed by atoms with E-state index in [2.05, 4.69) is 6.58 Å². The molecule has 4 nitrogen and oxygen atoms in total. The van der Waals surface area contributed by atoms with Gasteiger partial charge in [-0.25, -0.2) is 8.42 Å². The molecular formula is C21H24O4S. The van der Waals surface area contributed by atoms with Crippen molar-refractivity contribution in [3.8, 4) is 0 Å². The molecule has 0 N–H and O–H groups in total. The Morgan fingerprint density at radius 2 is 1.88 bits per heavy atom. The lowest BCUT2D eigenvalue weighted by Gasteiger charge is -2.21. The summed E-state index contributed by atoms with van der Waals surface area (Å²) in [6.45, 7) is 9.20. The van der Waals surface area contributed by atoms with E-state index in [4.69, 9.17) is 4.74 Å². The molecule has 0 radical (unpaired) electrons. The zero-order valence-corrected chi connectivity index (χ0v) is 16.4. The molecule has 138 valence electrons. The number of carbonyl (C=O) groups is 1. The van der Waals surface area contributed by atoms with Crippen molar-refractivity contribution < 1.29 is 17.9 Å². The molecule has 1 heterocycles. The van der Waals surface area contributed by atoms with E-state index in [9.17, 15) is 13.2 Å². The van der Waals surface area contributed by atoms with E-state index in [0.29, 0.717) is 23.3 Å². The van der Waals surface area contributed by atoms with Gasteiger partial charge in [0, 0.05) is 11.8 Å². The lowest BCUT2D eigenvalue weighted by Crippen LogP contribution is -2.33. The lowest BCUT2D eigenvalue weighted by atomic mass is 9.89. The molecule has 0 spiro atoms. The van der Waals surface area contributed by atoms with Crippen LogP contribution in [-0.2, 0) is 19.4 Å². The smallest absolute Gasteiger partial charge is 0.210 e. The molecule has 0 saturated carbocycles. The van der Waals surface area contributed by atoms with Crippen molar-refractivity contribution in [3.63, 3.8) is 0 Å². The molecule has 1 aromatic carbocycles. The van der Waals surface area contributed by atoms with Gasteiger partial charge in [-0.2, -0.15) is 0 Å². The number of hydrogen-bond donors (Lipinski definition) is 0. The maximum atomic E-state index is 13.1. The summed E-state index contributed by atoms with van der Waals surface area (Å²) in [5.41, 5.74) is 0.983. The molecule has 0 aromatic heterocycles. The Hall–Kier alpha value is -2.40. The summed E-state index contributed by atoms with van der Waals surface area (Å²) in [6, 6.07) is 6.40. The second-order valence-electron chi connectivity index (χ2n) is 6.36. The summed E-state index contributed by atoms with van der Waals surface area (Å²) in [7, 11) is -3.29. The van der Waals surface area contributed by atoms with E-state index >= 15 is 0 Å². The van der Waals surface area contributed by atoms with Crippen LogP contribution in [0.4, 0.5) is 0 Å². The molecule has 0 bridgehead atoms. The highest BCUT2D eigenvalue weighted by Gasteiger charge is 2.45. The molecule has 0 amide bonds. The number of ketones is 1. The molecule has 1 aliphatic heterocycles. The van der Waals surface area contributed by atoms with Gasteiger partial charge in [0.05, 0.1) is 10.5 Å². The van der Waals surface area contributed by atoms with Crippen LogP contribution in [0, 0.1) is 0 Å². The Morgan fingerprint density at radius 1 is 1.27 bits per heavy atom. The van der Waals surface area contributed by atoms with Crippen LogP contribution in [0.2, 0.25) is 0 Å². The Morgan fingerprint density at radius 3 is 2.35 bits per heavy atom. The number of carbonyl (C=O) groups excluding carboxylic acids is 1. The fraction of sp³-hybridized carbons (Fsp3) is 0.286. The SMILES string of the molecule is C=C/C=C\C(=C/C)C1=C(c2ccc(S(C)(=O)=O)cc2)OC(C)(CC)C1=O. The maximum absolute atomic E-state index is 13.1. The number of rotatable bonds is 6. The van der Waals surface area contributed by atoms with Crippen LogP contribution in [-0.4, -0.2) is 26.1 Å². The summed E-state index contributed by atoms with van der Waals surface area (Å²) in [5, 5.41) is 0. The fourth-order valence-electron chi connectivity index (χ4n) is 2.74. The van der Waals surface area contributed by atoms with Crippen LogP contribution in [0.3, 0.4) is 0 Å². The summed E-state index contributed by atoms with van der Waals surface area (Å²) in [5.74, 6) is 0.394. The maximum Gasteiger partial charge on any atom is 0.210 e. The molecule has 2 rings (SSSR count). The second kappa shape index (κ2) is 7.46. The number of ether oxygens (including phenoxy) is 1. The normalized spacial score (nSPS) is 21.4. The van der Waals surface area contributed by atoms with Gasteiger partial charge < -0.3 is 4.74 Å². The Labute approximate surface area is 155 Å². The number of Topliss-reactive ketones (excluding diaryl/α,β-unsaturated/α-hetero) is 1. The third kappa shape index (κ3) is 3.73. The average molecular weight is 372 g/mol. The first-order valence-electron chi connectivity index (χ1n) is 8.42. The molecule has 0 aliphatic carbocycles. The van der Waals surface area contributed by atoms with Gasteiger partial charge >= 0.3 is 0 Å². The van der Waals surface area contributed by atoms with E-state index < -0.39 is 15.4 Å². The molecule has 5 heteroatoms. The second-order valence-corrected chi connectivity index (χ2v) is 8.37. The zero-order chi connectivity index (χ0) is 19.5. The first-order chi connectivity index (χ1) is 12.2. The van der Waals surface area contributed by atoms with Crippen LogP contribution in [0.1, 0.15) is 32.8 Å². The van der Waals surface area contributed by atoms with Gasteiger partial charge in [-0.05, 0) is 50.1 Å². The average Bonchev–Trinajstić information content (AvgIpc) is 2.88. The minimum atomic E-state index is -3.29. The van der Waals surface area contributed by atoms with Crippen molar-refractivity contribution in [3.05, 3.63) is 71.9 Å². The van der Waals surface area contributed by atoms with Gasteiger partial charge in [0.2, 0.25) is 5.78 Å².